The van der Waals surface area contributed by atoms with Gasteiger partial charge in [0.05, 0.1) is 12.2 Å². The third-order valence-corrected chi connectivity index (χ3v) is 6.69. The molecule has 0 aromatic heterocycles. The van der Waals surface area contributed by atoms with Crippen LogP contribution in [-0.2, 0) is 9.53 Å². The summed E-state index contributed by atoms with van der Waals surface area (Å²) in [7, 11) is 0. The number of hydrogen-bond acceptors (Lipinski definition) is 3. The average molecular weight is 395 g/mol. The Morgan fingerprint density at radius 1 is 1.30 bits per heavy atom. The molecule has 0 radical (unpaired) electrons. The lowest BCUT2D eigenvalue weighted by molar-refractivity contribution is -0.136. The molecule has 2 fully saturated rings. The third-order valence-electron chi connectivity index (χ3n) is 4.36. The van der Waals surface area contributed by atoms with Gasteiger partial charge in [0.15, 0.2) is 0 Å². The lowest BCUT2D eigenvalue weighted by Gasteiger charge is -2.12. The van der Waals surface area contributed by atoms with Crippen molar-refractivity contribution in [2.24, 2.45) is 5.92 Å². The van der Waals surface area contributed by atoms with Crippen molar-refractivity contribution in [3.63, 3.8) is 0 Å². The molecular formula is C19H23BrO2S. The molecule has 0 spiro atoms. The van der Waals surface area contributed by atoms with E-state index in [2.05, 4.69) is 40.2 Å². The zero-order valence-electron chi connectivity index (χ0n) is 13.5. The summed E-state index contributed by atoms with van der Waals surface area (Å²) in [5.41, 5.74) is 1.68. The van der Waals surface area contributed by atoms with Crippen molar-refractivity contribution < 1.29 is 9.53 Å². The summed E-state index contributed by atoms with van der Waals surface area (Å²) in [5.74, 6) is 0.308. The summed E-state index contributed by atoms with van der Waals surface area (Å²) in [6, 6.07) is 6.26. The molecule has 0 N–H and O–H groups in total. The minimum atomic E-state index is -0.200. The Bertz CT molecular complexity index is 601. The summed E-state index contributed by atoms with van der Waals surface area (Å²) in [6.45, 7) is 2.27. The first-order valence-electron chi connectivity index (χ1n) is 8.53. The molecule has 124 valence electrons. The van der Waals surface area contributed by atoms with Gasteiger partial charge in [-0.3, -0.25) is 0 Å². The molecule has 1 aromatic carbocycles. The van der Waals surface area contributed by atoms with Gasteiger partial charge in [-0.2, -0.15) is 0 Å². The van der Waals surface area contributed by atoms with E-state index in [9.17, 15) is 4.79 Å². The van der Waals surface area contributed by atoms with Gasteiger partial charge in [0.25, 0.3) is 0 Å². The number of carbonyl (C=O) groups excluding carboxylic acids is 1. The van der Waals surface area contributed by atoms with Crippen LogP contribution in [0.4, 0.5) is 0 Å². The first-order valence-corrected chi connectivity index (χ1v) is 10.2. The van der Waals surface area contributed by atoms with Crippen LogP contribution in [0.25, 0.3) is 5.57 Å². The predicted molar refractivity (Wildman–Crippen MR) is 99.6 cm³/mol. The van der Waals surface area contributed by atoms with Crippen molar-refractivity contribution in [2.75, 3.05) is 6.61 Å². The Balaban J connectivity index is 1.85. The van der Waals surface area contributed by atoms with E-state index in [1.165, 1.54) is 43.4 Å². The molecule has 2 saturated carbocycles. The Labute approximate surface area is 151 Å². The van der Waals surface area contributed by atoms with E-state index < -0.39 is 0 Å². The lowest BCUT2D eigenvalue weighted by atomic mass is 9.99. The van der Waals surface area contributed by atoms with E-state index in [0.29, 0.717) is 12.5 Å². The molecule has 3 rings (SSSR count). The number of rotatable bonds is 6. The van der Waals surface area contributed by atoms with Crippen molar-refractivity contribution in [3.8, 4) is 0 Å². The molecule has 4 heteroatoms. The Kier molecular flexibility index (Phi) is 5.86. The van der Waals surface area contributed by atoms with Crippen molar-refractivity contribution in [2.45, 2.75) is 55.6 Å². The van der Waals surface area contributed by atoms with E-state index in [1.807, 2.05) is 18.7 Å². The van der Waals surface area contributed by atoms with Crippen LogP contribution in [0.5, 0.6) is 0 Å². The van der Waals surface area contributed by atoms with Crippen LogP contribution >= 0.6 is 27.7 Å². The molecule has 0 amide bonds. The van der Waals surface area contributed by atoms with E-state index in [4.69, 9.17) is 4.74 Å². The van der Waals surface area contributed by atoms with Crippen LogP contribution < -0.4 is 0 Å². The number of esters is 1. The van der Waals surface area contributed by atoms with Crippen LogP contribution in [-0.4, -0.2) is 17.8 Å². The van der Waals surface area contributed by atoms with E-state index in [0.717, 1.165) is 20.9 Å². The first kappa shape index (κ1) is 17.1. The standard InChI is InChI=1S/C19H23BrO2S/c1-2-22-19(21)16(11-13-5-3-4-6-13)14-7-10-18(17(20)12-14)23-15-8-9-15/h7,10-13,15H,2-6,8-9H2,1H3/b16-11+. The SMILES string of the molecule is CCOC(=O)/C(=C/C1CCCC1)c1ccc(SC2CC2)c(Br)c1. The second kappa shape index (κ2) is 7.89. The number of halogens is 1. The lowest BCUT2D eigenvalue weighted by Crippen LogP contribution is -2.08. The van der Waals surface area contributed by atoms with Crippen molar-refractivity contribution in [3.05, 3.63) is 34.3 Å². The second-order valence-corrected chi connectivity index (χ2v) is 8.50. The summed E-state index contributed by atoms with van der Waals surface area (Å²) < 4.78 is 6.36. The van der Waals surface area contributed by atoms with Gasteiger partial charge in [0.2, 0.25) is 0 Å². The summed E-state index contributed by atoms with van der Waals surface area (Å²) in [4.78, 5) is 13.7. The maximum atomic E-state index is 12.4. The molecule has 0 saturated heterocycles. The molecule has 0 heterocycles. The zero-order chi connectivity index (χ0) is 16.2. The topological polar surface area (TPSA) is 26.3 Å². The molecule has 2 aliphatic rings. The van der Waals surface area contributed by atoms with Gasteiger partial charge < -0.3 is 4.74 Å². The molecule has 0 atom stereocenters. The average Bonchev–Trinajstić information content (AvgIpc) is 3.20. The quantitative estimate of drug-likeness (QED) is 0.447. The summed E-state index contributed by atoms with van der Waals surface area (Å²) in [5, 5.41) is 0.774. The highest BCUT2D eigenvalue weighted by Crippen LogP contribution is 2.42. The van der Waals surface area contributed by atoms with Crippen molar-refractivity contribution >= 4 is 39.2 Å². The van der Waals surface area contributed by atoms with Gasteiger partial charge in [0, 0.05) is 14.6 Å². The fourth-order valence-electron chi connectivity index (χ4n) is 2.98. The number of hydrogen-bond donors (Lipinski definition) is 0. The fraction of sp³-hybridized carbons (Fsp3) is 0.526. The second-order valence-electron chi connectivity index (χ2n) is 6.31. The van der Waals surface area contributed by atoms with Crippen molar-refractivity contribution in [1.29, 1.82) is 0 Å². The smallest absolute Gasteiger partial charge is 0.338 e. The Morgan fingerprint density at radius 3 is 2.65 bits per heavy atom. The molecule has 0 bridgehead atoms. The van der Waals surface area contributed by atoms with Crippen LogP contribution in [0.3, 0.4) is 0 Å². The highest BCUT2D eigenvalue weighted by molar-refractivity contribution is 9.10. The van der Waals surface area contributed by atoms with Crippen LogP contribution in [0.15, 0.2) is 33.6 Å². The van der Waals surface area contributed by atoms with Crippen LogP contribution in [0, 0.1) is 5.92 Å². The van der Waals surface area contributed by atoms with Gasteiger partial charge >= 0.3 is 5.97 Å². The fourth-order valence-corrected chi connectivity index (χ4v) is 4.69. The van der Waals surface area contributed by atoms with E-state index in [1.54, 1.807) is 0 Å². The summed E-state index contributed by atoms with van der Waals surface area (Å²) in [6.07, 6.45) is 9.65. The minimum absolute atomic E-state index is 0.200. The molecule has 1 aromatic rings. The maximum absolute atomic E-state index is 12.4. The van der Waals surface area contributed by atoms with Crippen LogP contribution in [0.1, 0.15) is 51.0 Å². The molecule has 2 aliphatic carbocycles. The van der Waals surface area contributed by atoms with Crippen molar-refractivity contribution in [1.82, 2.24) is 0 Å². The zero-order valence-corrected chi connectivity index (χ0v) is 15.9. The number of ether oxygens (including phenoxy) is 1. The van der Waals surface area contributed by atoms with Gasteiger partial charge in [0.1, 0.15) is 0 Å². The molecule has 23 heavy (non-hydrogen) atoms. The highest BCUT2D eigenvalue weighted by atomic mass is 79.9. The monoisotopic (exact) mass is 394 g/mol. The number of carbonyl (C=O) groups is 1. The van der Waals surface area contributed by atoms with E-state index in [-0.39, 0.29) is 5.97 Å². The molecular weight excluding hydrogens is 372 g/mol. The third kappa shape index (κ3) is 4.63. The van der Waals surface area contributed by atoms with Gasteiger partial charge in [-0.15, -0.1) is 11.8 Å². The number of benzene rings is 1. The minimum Gasteiger partial charge on any atom is -0.462 e. The highest BCUT2D eigenvalue weighted by Gasteiger charge is 2.24. The van der Waals surface area contributed by atoms with Gasteiger partial charge in [-0.05, 0) is 72.2 Å². The number of thioether (sulfide) groups is 1. The van der Waals surface area contributed by atoms with Crippen LogP contribution in [0.2, 0.25) is 0 Å². The summed E-state index contributed by atoms with van der Waals surface area (Å²) >= 11 is 5.60. The maximum Gasteiger partial charge on any atom is 0.338 e. The molecule has 2 nitrogen and oxygen atoms in total. The Hall–Kier alpha value is -0.740. The predicted octanol–water partition coefficient (Wildman–Crippen LogP) is 5.84. The first-order chi connectivity index (χ1) is 11.2. The number of allylic oxidation sites excluding steroid dienone is 1. The van der Waals surface area contributed by atoms with Gasteiger partial charge in [-0.25, -0.2) is 4.79 Å². The normalized spacial score (nSPS) is 19.1. The van der Waals surface area contributed by atoms with Gasteiger partial charge in [-0.1, -0.05) is 25.0 Å². The van der Waals surface area contributed by atoms with E-state index >= 15 is 0 Å². The largest absolute Gasteiger partial charge is 0.462 e. The molecule has 0 unspecified atom stereocenters. The molecule has 0 aliphatic heterocycles. The Morgan fingerprint density at radius 2 is 2.04 bits per heavy atom.